The van der Waals surface area contributed by atoms with E-state index in [1.807, 2.05) is 48.5 Å². The maximum absolute atomic E-state index is 5.69. The molecule has 96 heavy (non-hydrogen) atoms. The van der Waals surface area contributed by atoms with E-state index in [0.717, 1.165) is 190 Å². The molecule has 0 unspecified atom stereocenters. The van der Waals surface area contributed by atoms with Gasteiger partial charge in [-0.3, -0.25) is 0 Å². The van der Waals surface area contributed by atoms with Gasteiger partial charge in [-0.05, 0) is 166 Å². The zero-order chi connectivity index (χ0) is 64.1. The first-order chi connectivity index (χ1) is 47.4. The molecule has 4 heterocycles. The number of methoxy groups -OCH3 is 4. The van der Waals surface area contributed by atoms with Crippen molar-refractivity contribution in [2.24, 2.45) is 0 Å². The van der Waals surface area contributed by atoms with Crippen LogP contribution in [0.1, 0.15) is 0 Å². The van der Waals surface area contributed by atoms with E-state index in [9.17, 15) is 0 Å². The number of pyridine rings is 4. The van der Waals surface area contributed by atoms with Crippen LogP contribution in [0.3, 0.4) is 0 Å². The Morgan fingerprint density at radius 1 is 0.240 bits per heavy atom. The van der Waals surface area contributed by atoms with Crippen molar-refractivity contribution in [2.75, 3.05) is 38.2 Å². The van der Waals surface area contributed by atoms with Crippen molar-refractivity contribution in [3.8, 4) is 113 Å². The summed E-state index contributed by atoms with van der Waals surface area (Å²) in [5, 5.41) is 8.51. The summed E-state index contributed by atoms with van der Waals surface area (Å²) in [5.74, 6) is 3.16. The fourth-order valence-corrected chi connectivity index (χ4v) is 14.6. The summed E-state index contributed by atoms with van der Waals surface area (Å²) >= 11 is 0. The monoisotopic (exact) mass is 1240 g/mol. The van der Waals surface area contributed by atoms with E-state index in [2.05, 4.69) is 240 Å². The molecule has 0 saturated heterocycles. The highest BCUT2D eigenvalue weighted by Crippen LogP contribution is 2.55. The predicted octanol–water partition coefficient (Wildman–Crippen LogP) is 22.0. The Balaban J connectivity index is 0.774. The van der Waals surface area contributed by atoms with Crippen molar-refractivity contribution < 1.29 is 18.9 Å². The Hall–Kier alpha value is -12.7. The van der Waals surface area contributed by atoms with Gasteiger partial charge < -0.3 is 28.7 Å². The third kappa shape index (κ3) is 9.01. The highest BCUT2D eigenvalue weighted by Gasteiger charge is 2.31. The molecular weight excluding hydrogens is 1180 g/mol. The third-order valence-electron chi connectivity index (χ3n) is 19.1. The SMILES string of the molecule is COc1ccc(N(c2ccc(OC)cc2)c2ccc3c4c(cccc24)-c2nc4nc(-c5ccc(-c6nc7nc8c(cc7cc6-c6ccccc6)-c6ccc(N(c7ccc(OC)cc7)c7ccc(OC)cc7)c7cccc-8c67)c6ccccc56)c(-c5ccccc5)cc4cc2-3)cc1. The van der Waals surface area contributed by atoms with Gasteiger partial charge in [0.25, 0.3) is 0 Å². The summed E-state index contributed by atoms with van der Waals surface area (Å²) < 4.78 is 22.4. The van der Waals surface area contributed by atoms with Gasteiger partial charge >= 0.3 is 0 Å². The molecule has 0 radical (unpaired) electrons. The van der Waals surface area contributed by atoms with Gasteiger partial charge in [0.1, 0.15) is 23.0 Å². The van der Waals surface area contributed by atoms with E-state index < -0.39 is 0 Å². The summed E-state index contributed by atoms with van der Waals surface area (Å²) in [5.41, 5.74) is 23.6. The van der Waals surface area contributed by atoms with Crippen LogP contribution in [0.25, 0.3) is 144 Å². The van der Waals surface area contributed by atoms with Crippen LogP contribution in [-0.2, 0) is 0 Å². The van der Waals surface area contributed by atoms with Crippen molar-refractivity contribution in [3.05, 3.63) is 279 Å². The van der Waals surface area contributed by atoms with E-state index in [1.54, 1.807) is 28.4 Å². The van der Waals surface area contributed by atoms with Crippen molar-refractivity contribution in [2.45, 2.75) is 0 Å². The first kappa shape index (κ1) is 56.1. The van der Waals surface area contributed by atoms with Crippen molar-refractivity contribution in [3.63, 3.8) is 0 Å². The van der Waals surface area contributed by atoms with Crippen LogP contribution in [0.15, 0.2) is 279 Å². The Bertz CT molecular complexity index is 5350. The summed E-state index contributed by atoms with van der Waals surface area (Å²) in [4.78, 5) is 27.1. The number of rotatable bonds is 14. The fraction of sp³-hybridized carbons (Fsp3) is 0.0465. The lowest BCUT2D eigenvalue weighted by atomic mass is 9.90. The lowest BCUT2D eigenvalue weighted by Gasteiger charge is -2.27. The van der Waals surface area contributed by atoms with E-state index in [1.165, 1.54) is 0 Å². The molecule has 12 aromatic carbocycles. The average molecular weight is 1240 g/mol. The highest BCUT2D eigenvalue weighted by atomic mass is 16.5. The van der Waals surface area contributed by atoms with Gasteiger partial charge in [0.2, 0.25) is 0 Å². The van der Waals surface area contributed by atoms with E-state index in [4.69, 9.17) is 38.9 Å². The molecule has 18 rings (SSSR count). The van der Waals surface area contributed by atoms with Crippen molar-refractivity contribution >= 4 is 88.5 Å². The quantitative estimate of drug-likeness (QED) is 0.105. The zero-order valence-electron chi connectivity index (χ0n) is 52.9. The van der Waals surface area contributed by atoms with Crippen LogP contribution < -0.4 is 28.7 Å². The van der Waals surface area contributed by atoms with Gasteiger partial charge in [0, 0.05) is 99.6 Å². The third-order valence-corrected chi connectivity index (χ3v) is 19.1. The summed E-state index contributed by atoms with van der Waals surface area (Å²) in [6.45, 7) is 0. The molecule has 2 aliphatic carbocycles. The Morgan fingerprint density at radius 3 is 0.885 bits per heavy atom. The number of hydrogen-bond donors (Lipinski definition) is 0. The van der Waals surface area contributed by atoms with Gasteiger partial charge in [-0.15, -0.1) is 0 Å². The normalized spacial score (nSPS) is 11.8. The van der Waals surface area contributed by atoms with Gasteiger partial charge in [0.05, 0.1) is 62.6 Å². The molecule has 16 aromatic rings. The van der Waals surface area contributed by atoms with Crippen LogP contribution in [0, 0.1) is 0 Å². The van der Waals surface area contributed by atoms with E-state index >= 15 is 0 Å². The molecule has 0 saturated carbocycles. The number of benzene rings is 12. The molecule has 2 aliphatic rings. The minimum atomic E-state index is 0.668. The standard InChI is InChI=1S/C86H58N6O4/c1-93-59-33-25-55(26-34-59)91(56-27-35-60(94-2)36-28-56)77-45-43-65-75-49-53-47-73(51-15-7-5-8-16-51)81(87-85(53)89-83(75)71-23-13-21-69(77)79(65)71)67-41-42-68(64-20-12-11-19-63(64)67)82-74(52-17-9-6-10-18-52)48-54-50-76-66-44-46-78(70-22-14-24-72(80(66)70)84(76)90-86(54)88-82)92(57-29-37-61(95-3)38-30-57)58-31-39-62(96-4)40-32-58/h5-50H,1-4H3. The largest absolute Gasteiger partial charge is 0.497 e. The number of fused-ring (bicyclic) bond motifs is 9. The summed E-state index contributed by atoms with van der Waals surface area (Å²) in [6.07, 6.45) is 0. The molecule has 0 fully saturated rings. The second-order valence-corrected chi connectivity index (χ2v) is 24.3. The number of hydrogen-bond acceptors (Lipinski definition) is 10. The zero-order valence-corrected chi connectivity index (χ0v) is 52.9. The lowest BCUT2D eigenvalue weighted by Crippen LogP contribution is -2.10. The number of nitrogens with zero attached hydrogens (tertiary/aromatic N) is 6. The lowest BCUT2D eigenvalue weighted by molar-refractivity contribution is 0.414. The van der Waals surface area contributed by atoms with Crippen molar-refractivity contribution in [1.82, 2.24) is 19.9 Å². The molecule has 4 aromatic heterocycles. The second-order valence-electron chi connectivity index (χ2n) is 24.3. The molecule has 0 N–H and O–H groups in total. The van der Waals surface area contributed by atoms with Crippen LogP contribution in [0.5, 0.6) is 23.0 Å². The molecule has 0 bridgehead atoms. The smallest absolute Gasteiger partial charge is 0.160 e. The molecule has 10 nitrogen and oxygen atoms in total. The minimum absolute atomic E-state index is 0.668. The second kappa shape index (κ2) is 22.6. The molecule has 0 spiro atoms. The molecule has 10 heteroatoms. The van der Waals surface area contributed by atoms with Crippen LogP contribution in [-0.4, -0.2) is 48.4 Å². The van der Waals surface area contributed by atoms with Crippen LogP contribution >= 0.6 is 0 Å². The van der Waals surface area contributed by atoms with Gasteiger partial charge in [-0.2, -0.15) is 0 Å². The average Bonchev–Trinajstić information content (AvgIpc) is 1.49. The van der Waals surface area contributed by atoms with Crippen molar-refractivity contribution in [1.29, 1.82) is 0 Å². The summed E-state index contributed by atoms with van der Waals surface area (Å²) in [7, 11) is 6.78. The maximum atomic E-state index is 5.69. The number of aromatic nitrogens is 4. The number of ether oxygens (including phenoxy) is 4. The summed E-state index contributed by atoms with van der Waals surface area (Å²) in [6, 6.07) is 98.4. The Kier molecular flexibility index (Phi) is 13.2. The molecule has 0 aliphatic heterocycles. The van der Waals surface area contributed by atoms with Gasteiger partial charge in [0.15, 0.2) is 11.3 Å². The fourth-order valence-electron chi connectivity index (χ4n) is 14.6. The molecule has 456 valence electrons. The van der Waals surface area contributed by atoms with Gasteiger partial charge in [-0.1, -0.05) is 146 Å². The Morgan fingerprint density at radius 2 is 0.542 bits per heavy atom. The Labute approximate surface area is 554 Å². The number of anilines is 6. The molecule has 0 atom stereocenters. The van der Waals surface area contributed by atoms with Gasteiger partial charge in [-0.25, -0.2) is 19.9 Å². The topological polar surface area (TPSA) is 95.0 Å². The van der Waals surface area contributed by atoms with E-state index in [-0.39, 0.29) is 0 Å². The minimum Gasteiger partial charge on any atom is -0.497 e. The first-order valence-electron chi connectivity index (χ1n) is 32.0. The molecule has 0 amide bonds. The first-order valence-corrected chi connectivity index (χ1v) is 32.0. The molecular formula is C86H58N6O4. The van der Waals surface area contributed by atoms with Crippen LogP contribution in [0.4, 0.5) is 34.1 Å². The maximum Gasteiger partial charge on any atom is 0.160 e. The van der Waals surface area contributed by atoms with Crippen LogP contribution in [0.2, 0.25) is 0 Å². The highest BCUT2D eigenvalue weighted by molar-refractivity contribution is 6.21. The predicted molar refractivity (Wildman–Crippen MR) is 391 cm³/mol. The van der Waals surface area contributed by atoms with E-state index in [0.29, 0.717) is 11.3 Å².